The summed E-state index contributed by atoms with van der Waals surface area (Å²) in [5, 5.41) is 18.3. The first kappa shape index (κ1) is 13.7. The van der Waals surface area contributed by atoms with Gasteiger partial charge in [0.1, 0.15) is 0 Å². The van der Waals surface area contributed by atoms with Crippen molar-refractivity contribution in [3.05, 3.63) is 11.1 Å². The summed E-state index contributed by atoms with van der Waals surface area (Å²) in [6.07, 6.45) is 0.567. The van der Waals surface area contributed by atoms with Crippen LogP contribution in [0.3, 0.4) is 0 Å². The van der Waals surface area contributed by atoms with Gasteiger partial charge in [-0.05, 0) is 26.7 Å². The average Bonchev–Trinajstić information content (AvgIpc) is 2.11. The Kier molecular flexibility index (Phi) is 4.52. The lowest BCUT2D eigenvalue weighted by Crippen LogP contribution is -2.35. The molecule has 0 aliphatic carbocycles. The van der Waals surface area contributed by atoms with Crippen molar-refractivity contribution in [2.75, 3.05) is 0 Å². The molecule has 0 rings (SSSR count). The van der Waals surface area contributed by atoms with Crippen LogP contribution in [0.5, 0.6) is 0 Å². The Labute approximate surface area is 89.6 Å². The molecule has 0 amide bonds. The van der Waals surface area contributed by atoms with Gasteiger partial charge in [-0.1, -0.05) is 19.4 Å². The van der Waals surface area contributed by atoms with E-state index in [0.717, 1.165) is 0 Å². The second-order valence-corrected chi connectivity index (χ2v) is 3.77. The van der Waals surface area contributed by atoms with Crippen LogP contribution in [0.4, 0.5) is 0 Å². The number of hydrogen-bond donors (Lipinski definition) is 2. The van der Waals surface area contributed by atoms with Crippen molar-refractivity contribution in [3.8, 4) is 0 Å². The molecule has 15 heavy (non-hydrogen) atoms. The van der Waals surface area contributed by atoms with Gasteiger partial charge in [0.2, 0.25) is 0 Å². The Balaban J connectivity index is 5.71. The number of carboxylic acids is 2. The summed E-state index contributed by atoms with van der Waals surface area (Å²) in [5.41, 5.74) is -0.696. The topological polar surface area (TPSA) is 74.6 Å². The van der Waals surface area contributed by atoms with Crippen LogP contribution in [-0.2, 0) is 9.59 Å². The van der Waals surface area contributed by atoms with Crippen LogP contribution in [-0.4, -0.2) is 22.2 Å². The molecule has 0 aromatic heterocycles. The van der Waals surface area contributed by atoms with E-state index in [1.165, 1.54) is 0 Å². The van der Waals surface area contributed by atoms with Gasteiger partial charge >= 0.3 is 11.9 Å². The summed E-state index contributed by atoms with van der Waals surface area (Å²) in [6, 6.07) is 0. The van der Waals surface area contributed by atoms with E-state index in [9.17, 15) is 14.7 Å². The predicted octanol–water partition coefficient (Wildman–Crippen LogP) is 2.30. The van der Waals surface area contributed by atoms with Gasteiger partial charge in [-0.3, -0.25) is 4.79 Å². The molecule has 0 bridgehead atoms. The molecule has 0 aliphatic rings. The molecule has 0 aliphatic heterocycles. The van der Waals surface area contributed by atoms with Gasteiger partial charge in [0.25, 0.3) is 0 Å². The first-order chi connectivity index (χ1) is 6.83. The molecule has 0 spiro atoms. The minimum Gasteiger partial charge on any atom is -0.481 e. The number of hydrogen-bond acceptors (Lipinski definition) is 2. The zero-order valence-corrected chi connectivity index (χ0v) is 9.63. The van der Waals surface area contributed by atoms with Crippen LogP contribution in [0.25, 0.3) is 0 Å². The standard InChI is InChI=1S/C11H18O4/c1-5-11(6-2,10(14)15)8(7(3)4)9(12)13/h5-6H2,1-4H3,(H,12,13)(H,14,15). The zero-order chi connectivity index (χ0) is 12.2. The fourth-order valence-corrected chi connectivity index (χ4v) is 1.91. The Morgan fingerprint density at radius 2 is 1.47 bits per heavy atom. The molecule has 0 radical (unpaired) electrons. The first-order valence-corrected chi connectivity index (χ1v) is 4.98. The highest BCUT2D eigenvalue weighted by Gasteiger charge is 2.42. The van der Waals surface area contributed by atoms with Crippen molar-refractivity contribution >= 4 is 11.9 Å². The quantitative estimate of drug-likeness (QED) is 0.688. The van der Waals surface area contributed by atoms with E-state index in [4.69, 9.17) is 5.11 Å². The first-order valence-electron chi connectivity index (χ1n) is 4.98. The van der Waals surface area contributed by atoms with Gasteiger partial charge in [0.05, 0.1) is 11.0 Å². The molecular formula is C11H18O4. The smallest absolute Gasteiger partial charge is 0.332 e. The Bertz CT molecular complexity index is 294. The van der Waals surface area contributed by atoms with Crippen molar-refractivity contribution < 1.29 is 19.8 Å². The highest BCUT2D eigenvalue weighted by molar-refractivity contribution is 5.97. The minimum absolute atomic E-state index is 0.0139. The molecule has 4 nitrogen and oxygen atoms in total. The molecule has 0 aromatic rings. The van der Waals surface area contributed by atoms with Gasteiger partial charge in [-0.25, -0.2) is 4.79 Å². The van der Waals surface area contributed by atoms with Gasteiger partial charge in [0.15, 0.2) is 0 Å². The van der Waals surface area contributed by atoms with Crippen LogP contribution >= 0.6 is 0 Å². The van der Waals surface area contributed by atoms with Crippen LogP contribution in [0.15, 0.2) is 11.1 Å². The molecule has 86 valence electrons. The van der Waals surface area contributed by atoms with Crippen molar-refractivity contribution in [2.45, 2.75) is 40.5 Å². The summed E-state index contributed by atoms with van der Waals surface area (Å²) in [4.78, 5) is 22.3. The highest BCUT2D eigenvalue weighted by Crippen LogP contribution is 2.37. The number of allylic oxidation sites excluding steroid dienone is 1. The maximum absolute atomic E-state index is 11.2. The second kappa shape index (κ2) is 4.96. The Morgan fingerprint density at radius 3 is 1.53 bits per heavy atom. The Hall–Kier alpha value is -1.32. The molecular weight excluding hydrogens is 196 g/mol. The third-order valence-electron chi connectivity index (χ3n) is 2.81. The third-order valence-corrected chi connectivity index (χ3v) is 2.81. The maximum atomic E-state index is 11.2. The van der Waals surface area contributed by atoms with Crippen LogP contribution in [0.2, 0.25) is 0 Å². The van der Waals surface area contributed by atoms with Crippen LogP contribution in [0, 0.1) is 5.41 Å². The molecule has 4 heteroatoms. The predicted molar refractivity (Wildman–Crippen MR) is 56.7 cm³/mol. The molecule has 0 heterocycles. The highest BCUT2D eigenvalue weighted by atomic mass is 16.4. The number of carboxylic acid groups (broad SMARTS) is 2. The average molecular weight is 214 g/mol. The van der Waals surface area contributed by atoms with E-state index in [1.54, 1.807) is 27.7 Å². The van der Waals surface area contributed by atoms with Crippen LogP contribution < -0.4 is 0 Å². The van der Waals surface area contributed by atoms with Crippen LogP contribution in [0.1, 0.15) is 40.5 Å². The molecule has 2 N–H and O–H groups in total. The lowest BCUT2D eigenvalue weighted by atomic mass is 9.73. The van der Waals surface area contributed by atoms with Crippen molar-refractivity contribution in [1.29, 1.82) is 0 Å². The second-order valence-electron chi connectivity index (χ2n) is 3.77. The summed E-state index contributed by atoms with van der Waals surface area (Å²) >= 11 is 0. The van der Waals surface area contributed by atoms with Crippen molar-refractivity contribution in [1.82, 2.24) is 0 Å². The fraction of sp³-hybridized carbons (Fsp3) is 0.636. The van der Waals surface area contributed by atoms with E-state index in [-0.39, 0.29) is 18.4 Å². The zero-order valence-electron chi connectivity index (χ0n) is 9.63. The summed E-state index contributed by atoms with van der Waals surface area (Å²) in [5.74, 6) is -2.20. The van der Waals surface area contributed by atoms with Crippen molar-refractivity contribution in [2.24, 2.45) is 5.41 Å². The van der Waals surface area contributed by atoms with Gasteiger partial charge < -0.3 is 10.2 Å². The SMILES string of the molecule is CCC(CC)(C(=O)O)C(C(=O)O)=C(C)C. The minimum atomic E-state index is -1.26. The monoisotopic (exact) mass is 214 g/mol. The van der Waals surface area contributed by atoms with Crippen molar-refractivity contribution in [3.63, 3.8) is 0 Å². The van der Waals surface area contributed by atoms with Gasteiger partial charge in [-0.2, -0.15) is 0 Å². The van der Waals surface area contributed by atoms with E-state index >= 15 is 0 Å². The lowest BCUT2D eigenvalue weighted by Gasteiger charge is -2.28. The lowest BCUT2D eigenvalue weighted by molar-refractivity contribution is -0.150. The summed E-state index contributed by atoms with van der Waals surface area (Å²) in [7, 11) is 0. The molecule has 0 unspecified atom stereocenters. The largest absolute Gasteiger partial charge is 0.481 e. The molecule has 0 atom stereocenters. The fourth-order valence-electron chi connectivity index (χ4n) is 1.91. The molecule has 0 saturated carbocycles. The normalized spacial score (nSPS) is 10.9. The number of aliphatic carboxylic acids is 2. The van der Waals surface area contributed by atoms with E-state index in [1.807, 2.05) is 0 Å². The van der Waals surface area contributed by atoms with Gasteiger partial charge in [0, 0.05) is 0 Å². The number of rotatable bonds is 5. The summed E-state index contributed by atoms with van der Waals surface area (Å²) < 4.78 is 0. The molecule has 0 fully saturated rings. The Morgan fingerprint density at radius 1 is 1.07 bits per heavy atom. The molecule has 0 aromatic carbocycles. The molecule has 0 saturated heterocycles. The van der Waals surface area contributed by atoms with Gasteiger partial charge in [-0.15, -0.1) is 0 Å². The summed E-state index contributed by atoms with van der Waals surface area (Å²) in [6.45, 7) is 6.66. The van der Waals surface area contributed by atoms with E-state index < -0.39 is 17.4 Å². The maximum Gasteiger partial charge on any atom is 0.332 e. The van der Waals surface area contributed by atoms with E-state index in [2.05, 4.69) is 0 Å². The number of carbonyl (C=O) groups is 2. The van der Waals surface area contributed by atoms with E-state index in [0.29, 0.717) is 5.57 Å². The third kappa shape index (κ3) is 2.37.